The molecule has 1 aromatic carbocycles. The lowest BCUT2D eigenvalue weighted by Gasteiger charge is -2.34. The van der Waals surface area contributed by atoms with Crippen LogP contribution >= 0.6 is 0 Å². The molecule has 0 aliphatic rings. The summed E-state index contributed by atoms with van der Waals surface area (Å²) in [5.74, 6) is -0.605. The van der Waals surface area contributed by atoms with Crippen LogP contribution < -0.4 is 38.5 Å². The van der Waals surface area contributed by atoms with Gasteiger partial charge in [0.05, 0.1) is 0 Å². The van der Waals surface area contributed by atoms with Gasteiger partial charge in [0.2, 0.25) is 17.7 Å². The average Bonchev–Trinajstić information content (AvgIpc) is 2.93. The van der Waals surface area contributed by atoms with Crippen LogP contribution in [0.5, 0.6) is 0 Å². The molecule has 12 nitrogen and oxygen atoms in total. The van der Waals surface area contributed by atoms with Gasteiger partial charge in [-0.15, -0.1) is 0 Å². The number of hydrogen-bond acceptors (Lipinski definition) is 8. The van der Waals surface area contributed by atoms with Crippen molar-refractivity contribution < 1.29 is 23.9 Å². The second-order valence-electron chi connectivity index (χ2n) is 9.44. The lowest BCUT2D eigenvalue weighted by molar-refractivity contribution is -0.121. The van der Waals surface area contributed by atoms with E-state index in [-0.39, 0.29) is 62.9 Å². The van der Waals surface area contributed by atoms with Gasteiger partial charge in [-0.05, 0) is 63.7 Å². The summed E-state index contributed by atoms with van der Waals surface area (Å²) >= 11 is 0. The second-order valence-corrected chi connectivity index (χ2v) is 9.44. The highest BCUT2D eigenvalue weighted by molar-refractivity contribution is 5.78. The lowest BCUT2D eigenvalue weighted by atomic mass is 9.83. The van der Waals surface area contributed by atoms with Crippen molar-refractivity contribution in [2.24, 2.45) is 17.2 Å². The van der Waals surface area contributed by atoms with Crippen LogP contribution in [0.4, 0.5) is 4.79 Å². The summed E-state index contributed by atoms with van der Waals surface area (Å²) in [6, 6.07) is 9.23. The van der Waals surface area contributed by atoms with E-state index in [2.05, 4.69) is 21.3 Å². The second kappa shape index (κ2) is 20.7. The van der Waals surface area contributed by atoms with Crippen LogP contribution in [-0.2, 0) is 25.7 Å². The van der Waals surface area contributed by atoms with Gasteiger partial charge in [0.1, 0.15) is 6.61 Å². The van der Waals surface area contributed by atoms with Crippen molar-refractivity contribution in [3.8, 4) is 0 Å². The van der Waals surface area contributed by atoms with Gasteiger partial charge in [-0.25, -0.2) is 4.79 Å². The fraction of sp³-hybridized carbons (Fsp3) is 0.630. The molecule has 10 N–H and O–H groups in total. The molecule has 1 aromatic rings. The molecular formula is C27H47N7O5. The highest BCUT2D eigenvalue weighted by Crippen LogP contribution is 2.26. The van der Waals surface area contributed by atoms with Crippen molar-refractivity contribution in [3.63, 3.8) is 0 Å². The fourth-order valence-electron chi connectivity index (χ4n) is 3.85. The monoisotopic (exact) mass is 549 g/mol. The number of nitrogens with two attached hydrogens (primary N) is 3. The molecule has 0 unspecified atom stereocenters. The van der Waals surface area contributed by atoms with Crippen LogP contribution in [-0.4, -0.2) is 68.6 Å². The van der Waals surface area contributed by atoms with E-state index < -0.39 is 11.6 Å². The van der Waals surface area contributed by atoms with Gasteiger partial charge in [0.25, 0.3) is 0 Å². The van der Waals surface area contributed by atoms with Crippen molar-refractivity contribution >= 4 is 23.8 Å². The Kier molecular flexibility index (Phi) is 17.9. The van der Waals surface area contributed by atoms with Gasteiger partial charge in [-0.1, -0.05) is 30.3 Å². The number of benzene rings is 1. The maximum atomic E-state index is 12.9. The van der Waals surface area contributed by atoms with Crippen LogP contribution in [0.3, 0.4) is 0 Å². The summed E-state index contributed by atoms with van der Waals surface area (Å²) in [7, 11) is 0. The molecule has 4 amide bonds. The van der Waals surface area contributed by atoms with Crippen molar-refractivity contribution in [1.29, 1.82) is 0 Å². The van der Waals surface area contributed by atoms with E-state index in [9.17, 15) is 19.2 Å². The minimum absolute atomic E-state index is 0.0570. The molecule has 0 atom stereocenters. The quantitative estimate of drug-likeness (QED) is 0.107. The molecule has 0 aromatic heterocycles. The van der Waals surface area contributed by atoms with E-state index in [1.54, 1.807) is 0 Å². The molecule has 0 bridgehead atoms. The summed E-state index contributed by atoms with van der Waals surface area (Å²) < 4.78 is 5.45. The Morgan fingerprint density at radius 1 is 0.667 bits per heavy atom. The third-order valence-corrected chi connectivity index (χ3v) is 6.18. The van der Waals surface area contributed by atoms with Crippen LogP contribution in [0.2, 0.25) is 0 Å². The van der Waals surface area contributed by atoms with E-state index >= 15 is 0 Å². The first-order chi connectivity index (χ1) is 18.8. The Morgan fingerprint density at radius 3 is 1.46 bits per heavy atom. The topological polar surface area (TPSA) is 204 Å². The first-order valence-electron chi connectivity index (χ1n) is 13.7. The van der Waals surface area contributed by atoms with Crippen molar-refractivity contribution in [1.82, 2.24) is 21.3 Å². The Bertz CT molecular complexity index is 790. The Balaban J connectivity index is 3.01. The van der Waals surface area contributed by atoms with Gasteiger partial charge in [0.15, 0.2) is 0 Å². The number of carbonyl (C=O) groups is 4. The Morgan fingerprint density at radius 2 is 1.08 bits per heavy atom. The van der Waals surface area contributed by atoms with E-state index in [4.69, 9.17) is 21.9 Å². The Labute approximate surface area is 231 Å². The summed E-state index contributed by atoms with van der Waals surface area (Å²) in [5.41, 5.74) is 16.3. The highest BCUT2D eigenvalue weighted by Gasteiger charge is 2.34. The van der Waals surface area contributed by atoms with Crippen LogP contribution in [0, 0.1) is 0 Å². The molecule has 220 valence electrons. The molecule has 12 heteroatoms. The van der Waals surface area contributed by atoms with Crippen LogP contribution in [0.15, 0.2) is 30.3 Å². The van der Waals surface area contributed by atoms with Crippen LogP contribution in [0.25, 0.3) is 0 Å². The maximum Gasteiger partial charge on any atom is 0.407 e. The standard InChI is InChI=1S/C27H47N7O5/c28-15-4-18-31-23(35)9-12-27(13-10-24(36)32-19-5-16-29,14-11-25(37)33-20-6-17-30)34-26(38)39-21-22-7-2-1-3-8-22/h1-3,7-8H,4-6,9-21,28-30H2,(H,31,35)(H,32,36)(H,33,37)(H,34,38). The fourth-order valence-corrected chi connectivity index (χ4v) is 3.85. The molecule has 0 spiro atoms. The molecule has 0 saturated heterocycles. The van der Waals surface area contributed by atoms with Gasteiger partial charge in [-0.3, -0.25) is 14.4 Å². The number of alkyl carbamates (subject to hydrolysis) is 1. The predicted molar refractivity (Wildman–Crippen MR) is 150 cm³/mol. The Hall–Kier alpha value is -3.22. The predicted octanol–water partition coefficient (Wildman–Crippen LogP) is 0.387. The highest BCUT2D eigenvalue weighted by atomic mass is 16.5. The molecule has 0 aliphatic carbocycles. The average molecular weight is 550 g/mol. The number of ether oxygens (including phenoxy) is 1. The smallest absolute Gasteiger partial charge is 0.407 e. The number of carbonyl (C=O) groups excluding carboxylic acids is 4. The van der Waals surface area contributed by atoms with Crippen molar-refractivity contribution in [2.45, 2.75) is 69.9 Å². The molecule has 0 saturated carbocycles. The first-order valence-corrected chi connectivity index (χ1v) is 13.7. The van der Waals surface area contributed by atoms with E-state index in [0.29, 0.717) is 58.5 Å². The zero-order valence-corrected chi connectivity index (χ0v) is 23.0. The van der Waals surface area contributed by atoms with E-state index in [0.717, 1.165) is 5.56 Å². The van der Waals surface area contributed by atoms with Gasteiger partial charge < -0.3 is 43.2 Å². The molecular weight excluding hydrogens is 502 g/mol. The summed E-state index contributed by atoms with van der Waals surface area (Å²) in [6.07, 6.45) is 2.17. The minimum atomic E-state index is -1.03. The lowest BCUT2D eigenvalue weighted by Crippen LogP contribution is -2.50. The molecule has 1 rings (SSSR count). The normalized spacial score (nSPS) is 10.9. The van der Waals surface area contributed by atoms with Crippen molar-refractivity contribution in [3.05, 3.63) is 35.9 Å². The number of nitrogens with one attached hydrogen (secondary N) is 4. The summed E-state index contributed by atoms with van der Waals surface area (Å²) in [5, 5.41) is 11.3. The first kappa shape index (κ1) is 33.8. The number of rotatable bonds is 21. The van der Waals surface area contributed by atoms with Crippen LogP contribution in [0.1, 0.15) is 63.4 Å². The summed E-state index contributed by atoms with van der Waals surface area (Å²) in [6.45, 7) is 2.76. The number of hydrogen-bond donors (Lipinski definition) is 7. The third kappa shape index (κ3) is 16.4. The number of amides is 4. The van der Waals surface area contributed by atoms with Gasteiger partial charge in [-0.2, -0.15) is 0 Å². The largest absolute Gasteiger partial charge is 0.445 e. The zero-order chi connectivity index (χ0) is 28.8. The van der Waals surface area contributed by atoms with E-state index in [1.807, 2.05) is 30.3 Å². The maximum absolute atomic E-state index is 12.9. The van der Waals surface area contributed by atoms with E-state index in [1.165, 1.54) is 0 Å². The molecule has 0 heterocycles. The van der Waals surface area contributed by atoms with Gasteiger partial charge in [0, 0.05) is 44.4 Å². The van der Waals surface area contributed by atoms with Gasteiger partial charge >= 0.3 is 6.09 Å². The van der Waals surface area contributed by atoms with Crippen molar-refractivity contribution in [2.75, 3.05) is 39.3 Å². The molecule has 39 heavy (non-hydrogen) atoms. The SMILES string of the molecule is NCCCNC(=O)CCC(CCC(=O)NCCCN)(CCC(=O)NCCCN)NC(=O)OCc1ccccc1. The molecule has 0 aliphatic heterocycles. The molecule has 0 fully saturated rings. The summed E-state index contributed by atoms with van der Waals surface area (Å²) in [4.78, 5) is 50.4. The third-order valence-electron chi connectivity index (χ3n) is 6.18. The zero-order valence-electron chi connectivity index (χ0n) is 23.0. The minimum Gasteiger partial charge on any atom is -0.445 e. The molecule has 0 radical (unpaired) electrons.